The maximum absolute atomic E-state index is 4.90. The summed E-state index contributed by atoms with van der Waals surface area (Å²) >= 11 is 0. The van der Waals surface area contributed by atoms with Crippen LogP contribution in [0.1, 0.15) is 53.4 Å². The number of hydrogen-bond donors (Lipinski definition) is 0. The maximum Gasteiger partial charge on any atom is 0.130 e. The molecule has 0 saturated carbocycles. The summed E-state index contributed by atoms with van der Waals surface area (Å²) in [5, 5.41) is 0. The van der Waals surface area contributed by atoms with E-state index in [1.54, 1.807) is 0 Å². The van der Waals surface area contributed by atoms with Crippen molar-refractivity contribution in [3.63, 3.8) is 0 Å². The molecule has 0 fully saturated rings. The Balaban J connectivity index is 2.90. The van der Waals surface area contributed by atoms with E-state index < -0.39 is 0 Å². The minimum Gasteiger partial charge on any atom is -0.357 e. The van der Waals surface area contributed by atoms with Gasteiger partial charge >= 0.3 is 0 Å². The van der Waals surface area contributed by atoms with Crippen molar-refractivity contribution in [2.24, 2.45) is 0 Å². The van der Waals surface area contributed by atoms with Crippen molar-refractivity contribution < 1.29 is 0 Å². The van der Waals surface area contributed by atoms with E-state index in [2.05, 4.69) is 55.7 Å². The molecule has 0 amide bonds. The highest BCUT2D eigenvalue weighted by molar-refractivity contribution is 5.48. The van der Waals surface area contributed by atoms with Crippen molar-refractivity contribution in [3.8, 4) is 0 Å². The van der Waals surface area contributed by atoms with Crippen LogP contribution in [-0.2, 0) is 0 Å². The molecule has 0 spiro atoms. The highest BCUT2D eigenvalue weighted by Crippen LogP contribution is 2.18. The number of anilines is 2. The van der Waals surface area contributed by atoms with E-state index in [9.17, 15) is 0 Å². The van der Waals surface area contributed by atoms with Crippen LogP contribution in [-0.4, -0.2) is 31.2 Å². The topological polar surface area (TPSA) is 19.4 Å². The second kappa shape index (κ2) is 9.62. The first-order chi connectivity index (χ1) is 9.76. The second-order valence-electron chi connectivity index (χ2n) is 5.33. The number of pyridine rings is 1. The van der Waals surface area contributed by atoms with Gasteiger partial charge in [-0.25, -0.2) is 4.98 Å². The first kappa shape index (κ1) is 16.8. The van der Waals surface area contributed by atoms with Crippen molar-refractivity contribution in [1.29, 1.82) is 0 Å². The summed E-state index contributed by atoms with van der Waals surface area (Å²) in [6.07, 6.45) is 4.66. The van der Waals surface area contributed by atoms with E-state index in [-0.39, 0.29) is 0 Å². The summed E-state index contributed by atoms with van der Waals surface area (Å²) in [4.78, 5) is 9.70. The van der Waals surface area contributed by atoms with Crippen LogP contribution in [0.25, 0.3) is 0 Å². The Morgan fingerprint density at radius 3 is 1.35 bits per heavy atom. The number of aromatic nitrogens is 1. The molecule has 1 heterocycles. The van der Waals surface area contributed by atoms with Gasteiger partial charge in [-0.1, -0.05) is 33.8 Å². The zero-order valence-electron chi connectivity index (χ0n) is 13.7. The van der Waals surface area contributed by atoms with Crippen molar-refractivity contribution in [2.45, 2.75) is 53.4 Å². The average Bonchev–Trinajstić information content (AvgIpc) is 2.47. The molecule has 0 atom stereocenters. The van der Waals surface area contributed by atoms with Crippen LogP contribution in [0.5, 0.6) is 0 Å². The van der Waals surface area contributed by atoms with Gasteiger partial charge < -0.3 is 9.80 Å². The lowest BCUT2D eigenvalue weighted by molar-refractivity contribution is 0.717. The highest BCUT2D eigenvalue weighted by Gasteiger charge is 2.10. The van der Waals surface area contributed by atoms with Gasteiger partial charge in [0.25, 0.3) is 0 Å². The smallest absolute Gasteiger partial charge is 0.130 e. The van der Waals surface area contributed by atoms with Crippen LogP contribution in [0.2, 0.25) is 0 Å². The Hall–Kier alpha value is -1.25. The molecular weight excluding hydrogens is 246 g/mol. The van der Waals surface area contributed by atoms with Gasteiger partial charge in [0, 0.05) is 26.2 Å². The van der Waals surface area contributed by atoms with Crippen LogP contribution >= 0.6 is 0 Å². The normalized spacial score (nSPS) is 10.6. The van der Waals surface area contributed by atoms with E-state index in [1.165, 1.54) is 25.7 Å². The van der Waals surface area contributed by atoms with Gasteiger partial charge in [0.05, 0.1) is 0 Å². The molecule has 114 valence electrons. The third kappa shape index (κ3) is 5.03. The molecule has 1 aromatic heterocycles. The summed E-state index contributed by atoms with van der Waals surface area (Å²) in [5.74, 6) is 2.26. The molecule has 0 bridgehead atoms. The Kier molecular flexibility index (Phi) is 8.08. The van der Waals surface area contributed by atoms with E-state index in [0.717, 1.165) is 37.8 Å². The first-order valence-corrected chi connectivity index (χ1v) is 8.23. The van der Waals surface area contributed by atoms with Gasteiger partial charge in [-0.2, -0.15) is 0 Å². The molecule has 0 radical (unpaired) electrons. The van der Waals surface area contributed by atoms with Gasteiger partial charge in [0.2, 0.25) is 0 Å². The van der Waals surface area contributed by atoms with Gasteiger partial charge in [-0.05, 0) is 37.8 Å². The monoisotopic (exact) mass is 277 g/mol. The lowest BCUT2D eigenvalue weighted by Gasteiger charge is -2.26. The third-order valence-corrected chi connectivity index (χ3v) is 3.34. The summed E-state index contributed by atoms with van der Waals surface area (Å²) in [6.45, 7) is 13.3. The molecule has 0 unspecified atom stereocenters. The number of nitrogens with zero attached hydrogens (tertiary/aromatic N) is 3. The van der Waals surface area contributed by atoms with Crippen LogP contribution in [0.15, 0.2) is 18.2 Å². The number of hydrogen-bond acceptors (Lipinski definition) is 3. The van der Waals surface area contributed by atoms with Crippen molar-refractivity contribution >= 4 is 11.6 Å². The molecule has 0 aliphatic heterocycles. The molecule has 0 aromatic carbocycles. The van der Waals surface area contributed by atoms with Crippen LogP contribution in [0.3, 0.4) is 0 Å². The summed E-state index contributed by atoms with van der Waals surface area (Å²) in [5.41, 5.74) is 0. The van der Waals surface area contributed by atoms with E-state index >= 15 is 0 Å². The third-order valence-electron chi connectivity index (χ3n) is 3.34. The lowest BCUT2D eigenvalue weighted by Crippen LogP contribution is -2.29. The SMILES string of the molecule is CCCN(CCC)c1cccc(N(CCC)CCC)n1. The van der Waals surface area contributed by atoms with Crippen molar-refractivity contribution in [3.05, 3.63) is 18.2 Å². The fourth-order valence-electron chi connectivity index (χ4n) is 2.53. The second-order valence-corrected chi connectivity index (χ2v) is 5.33. The molecular formula is C17H31N3. The van der Waals surface area contributed by atoms with Gasteiger partial charge in [0.15, 0.2) is 0 Å². The van der Waals surface area contributed by atoms with E-state index in [0.29, 0.717) is 0 Å². The van der Waals surface area contributed by atoms with Crippen LogP contribution in [0, 0.1) is 0 Å². The molecule has 1 aromatic rings. The Morgan fingerprint density at radius 1 is 0.700 bits per heavy atom. The first-order valence-electron chi connectivity index (χ1n) is 8.23. The zero-order chi connectivity index (χ0) is 14.8. The predicted molar refractivity (Wildman–Crippen MR) is 89.8 cm³/mol. The summed E-state index contributed by atoms with van der Waals surface area (Å²) < 4.78 is 0. The zero-order valence-corrected chi connectivity index (χ0v) is 13.7. The van der Waals surface area contributed by atoms with Gasteiger partial charge in [-0.3, -0.25) is 0 Å². The molecule has 0 aliphatic carbocycles. The fourth-order valence-corrected chi connectivity index (χ4v) is 2.53. The maximum atomic E-state index is 4.90. The predicted octanol–water partition coefficient (Wildman–Crippen LogP) is 4.33. The van der Waals surface area contributed by atoms with E-state index in [4.69, 9.17) is 4.98 Å². The fraction of sp³-hybridized carbons (Fsp3) is 0.706. The molecule has 1 rings (SSSR count). The minimum absolute atomic E-state index is 1.09. The van der Waals surface area contributed by atoms with Crippen molar-refractivity contribution in [1.82, 2.24) is 4.98 Å². The Morgan fingerprint density at radius 2 is 1.05 bits per heavy atom. The van der Waals surface area contributed by atoms with Crippen LogP contribution < -0.4 is 9.80 Å². The summed E-state index contributed by atoms with van der Waals surface area (Å²) in [6, 6.07) is 6.43. The Bertz CT molecular complexity index is 322. The van der Waals surface area contributed by atoms with E-state index in [1.807, 2.05) is 0 Å². The number of rotatable bonds is 10. The lowest BCUT2D eigenvalue weighted by atomic mass is 10.3. The summed E-state index contributed by atoms with van der Waals surface area (Å²) in [7, 11) is 0. The standard InChI is InChI=1S/C17H31N3/c1-5-12-19(13-6-2)16-10-9-11-17(18-16)20(14-7-3)15-8-4/h9-11H,5-8,12-15H2,1-4H3. The Labute approximate surface area is 125 Å². The molecule has 0 N–H and O–H groups in total. The van der Waals surface area contributed by atoms with Crippen LogP contribution in [0.4, 0.5) is 11.6 Å². The molecule has 20 heavy (non-hydrogen) atoms. The van der Waals surface area contributed by atoms with Gasteiger partial charge in [0.1, 0.15) is 11.6 Å². The van der Waals surface area contributed by atoms with Crippen molar-refractivity contribution in [2.75, 3.05) is 36.0 Å². The molecule has 3 nitrogen and oxygen atoms in total. The minimum atomic E-state index is 1.09. The average molecular weight is 277 g/mol. The largest absolute Gasteiger partial charge is 0.357 e. The molecule has 0 aliphatic rings. The highest BCUT2D eigenvalue weighted by atomic mass is 15.2. The van der Waals surface area contributed by atoms with Gasteiger partial charge in [-0.15, -0.1) is 0 Å². The molecule has 3 heteroatoms. The molecule has 0 saturated heterocycles. The quantitative estimate of drug-likeness (QED) is 0.634.